The molecule has 1 fully saturated rings. The van der Waals surface area contributed by atoms with E-state index in [2.05, 4.69) is 13.1 Å². The SMILES string of the molecule is O=c1[nH]c(=O)n(C2OC(COP(=O)(O)OP(=O)(O)OP(=O)(O)O)C(O)C2O)cc1F.[Li+]. The summed E-state index contributed by atoms with van der Waals surface area (Å²) in [6, 6.07) is 0. The Balaban J connectivity index is 0.00000480. The van der Waals surface area contributed by atoms with Crippen LogP contribution in [0.25, 0.3) is 0 Å². The van der Waals surface area contributed by atoms with E-state index in [0.29, 0.717) is 10.8 Å². The van der Waals surface area contributed by atoms with E-state index in [1.807, 2.05) is 0 Å². The number of aromatic nitrogens is 2. The first kappa shape index (κ1) is 28.5. The summed E-state index contributed by atoms with van der Waals surface area (Å²) >= 11 is 0. The van der Waals surface area contributed by atoms with Crippen molar-refractivity contribution in [2.45, 2.75) is 24.5 Å². The number of hydrogen-bond acceptors (Lipinski definition) is 11. The number of aliphatic hydroxyl groups is 2. The van der Waals surface area contributed by atoms with Crippen LogP contribution in [0.4, 0.5) is 4.39 Å². The average Bonchev–Trinajstić information content (AvgIpc) is 2.81. The first-order chi connectivity index (χ1) is 13.5. The van der Waals surface area contributed by atoms with E-state index < -0.39 is 71.7 Å². The molecule has 2 heterocycles. The van der Waals surface area contributed by atoms with E-state index in [4.69, 9.17) is 19.4 Å². The molecule has 172 valence electrons. The summed E-state index contributed by atoms with van der Waals surface area (Å²) in [5.41, 5.74) is -2.60. The summed E-state index contributed by atoms with van der Waals surface area (Å²) in [5.74, 6) is -1.43. The van der Waals surface area contributed by atoms with Gasteiger partial charge in [0.25, 0.3) is 5.56 Å². The molecule has 0 amide bonds. The monoisotopic (exact) mass is 509 g/mol. The van der Waals surface area contributed by atoms with Gasteiger partial charge in [0.2, 0.25) is 5.82 Å². The second-order valence-electron chi connectivity index (χ2n) is 5.58. The number of nitrogens with one attached hydrogen (secondary N) is 1. The molecule has 1 saturated heterocycles. The first-order valence-corrected chi connectivity index (χ1v) is 11.8. The second kappa shape index (κ2) is 10.2. The van der Waals surface area contributed by atoms with Crippen LogP contribution < -0.4 is 30.1 Å². The maximum absolute atomic E-state index is 13.4. The molecule has 0 radical (unpaired) electrons. The molecular weight excluding hydrogens is 495 g/mol. The van der Waals surface area contributed by atoms with E-state index >= 15 is 0 Å². The molecule has 6 atom stereocenters. The van der Waals surface area contributed by atoms with Gasteiger partial charge in [-0.15, -0.1) is 0 Å². The Hall–Kier alpha value is -0.503. The molecule has 0 aliphatic carbocycles. The van der Waals surface area contributed by atoms with E-state index in [0.717, 1.165) is 0 Å². The molecular formula is C9H14FLiN2O15P3+. The molecule has 1 aliphatic heterocycles. The van der Waals surface area contributed by atoms with E-state index in [1.54, 1.807) is 4.98 Å². The van der Waals surface area contributed by atoms with Crippen molar-refractivity contribution in [3.8, 4) is 0 Å². The molecule has 0 saturated carbocycles. The maximum atomic E-state index is 13.4. The van der Waals surface area contributed by atoms with Gasteiger partial charge in [0.05, 0.1) is 12.8 Å². The number of phosphoric acid groups is 3. The molecule has 7 N–H and O–H groups in total. The van der Waals surface area contributed by atoms with Crippen LogP contribution in [-0.4, -0.2) is 64.3 Å². The number of rotatable bonds is 8. The molecule has 1 aromatic heterocycles. The molecule has 17 nitrogen and oxygen atoms in total. The fraction of sp³-hybridized carbons (Fsp3) is 0.556. The summed E-state index contributed by atoms with van der Waals surface area (Å²) in [6.45, 7) is -1.14. The molecule has 0 bridgehead atoms. The van der Waals surface area contributed by atoms with Crippen LogP contribution >= 0.6 is 23.5 Å². The Morgan fingerprint density at radius 1 is 1.06 bits per heavy atom. The van der Waals surface area contributed by atoms with Crippen LogP contribution in [0, 0.1) is 5.82 Å². The van der Waals surface area contributed by atoms with Crippen molar-refractivity contribution in [2.75, 3.05) is 6.61 Å². The van der Waals surface area contributed by atoms with Gasteiger partial charge in [-0.3, -0.25) is 18.9 Å². The van der Waals surface area contributed by atoms with Crippen LogP contribution in [0.1, 0.15) is 6.23 Å². The van der Waals surface area contributed by atoms with Crippen molar-refractivity contribution < 1.29 is 84.6 Å². The maximum Gasteiger partial charge on any atom is 1.00 e. The minimum Gasteiger partial charge on any atom is -0.387 e. The van der Waals surface area contributed by atoms with E-state index in [9.17, 15) is 42.8 Å². The number of nitrogens with zero attached hydrogens (tertiary/aromatic N) is 1. The third-order valence-electron chi connectivity index (χ3n) is 3.35. The third kappa shape index (κ3) is 7.79. The number of aliphatic hydroxyl groups excluding tert-OH is 2. The standard InChI is InChI=1S/C9H14FN2O15P3.Li/c10-3-1-12(9(16)11-7(3)15)8-6(14)5(13)4(25-8)2-24-29(20,21)27-30(22,23)26-28(17,18)19;/h1,4-6,8,13-14H,2H2,(H,20,21)(H,22,23)(H,11,15,16)(H2,17,18,19);/q;+1. The zero-order valence-electron chi connectivity index (χ0n) is 15.1. The van der Waals surface area contributed by atoms with Gasteiger partial charge in [0.15, 0.2) is 6.23 Å². The summed E-state index contributed by atoms with van der Waals surface area (Å²) in [5, 5.41) is 19.9. The number of ether oxygens (including phenoxy) is 1. The topological polar surface area (TPSA) is 264 Å². The van der Waals surface area contributed by atoms with Gasteiger partial charge in [-0.05, 0) is 0 Å². The predicted molar refractivity (Wildman–Crippen MR) is 87.0 cm³/mol. The number of halogens is 1. The van der Waals surface area contributed by atoms with Crippen molar-refractivity contribution in [1.29, 1.82) is 0 Å². The Bertz CT molecular complexity index is 1050. The largest absolute Gasteiger partial charge is 1.00 e. The van der Waals surface area contributed by atoms with E-state index in [-0.39, 0.29) is 18.9 Å². The fourth-order valence-corrected chi connectivity index (χ4v) is 5.25. The van der Waals surface area contributed by atoms with Crippen molar-refractivity contribution in [2.24, 2.45) is 0 Å². The normalized spacial score (nSPS) is 27.8. The van der Waals surface area contributed by atoms with Crippen LogP contribution in [-0.2, 0) is 31.6 Å². The van der Waals surface area contributed by atoms with E-state index in [1.165, 1.54) is 0 Å². The summed E-state index contributed by atoms with van der Waals surface area (Å²) in [6.07, 6.45) is -6.95. The zero-order valence-corrected chi connectivity index (χ0v) is 17.8. The minimum absolute atomic E-state index is 0. The van der Waals surface area contributed by atoms with Gasteiger partial charge in [0.1, 0.15) is 18.3 Å². The Morgan fingerprint density at radius 2 is 1.65 bits per heavy atom. The zero-order chi connectivity index (χ0) is 23.1. The second-order valence-corrected chi connectivity index (χ2v) is 10.00. The molecule has 2 rings (SSSR count). The number of phosphoric ester groups is 1. The predicted octanol–water partition coefficient (Wildman–Crippen LogP) is -5.36. The quantitative estimate of drug-likeness (QED) is 0.127. The molecule has 31 heavy (non-hydrogen) atoms. The van der Waals surface area contributed by atoms with Gasteiger partial charge in [-0.2, -0.15) is 13.0 Å². The Morgan fingerprint density at radius 3 is 2.19 bits per heavy atom. The molecule has 6 unspecified atom stereocenters. The smallest absolute Gasteiger partial charge is 0.387 e. The summed E-state index contributed by atoms with van der Waals surface area (Å²) in [7, 11) is -16.9. The molecule has 1 aromatic rings. The van der Waals surface area contributed by atoms with Crippen molar-refractivity contribution in [3.63, 3.8) is 0 Å². The fourth-order valence-electron chi connectivity index (χ4n) is 2.22. The van der Waals surface area contributed by atoms with Crippen LogP contribution in [0.15, 0.2) is 15.8 Å². The van der Waals surface area contributed by atoms with Gasteiger partial charge in [-0.1, -0.05) is 0 Å². The van der Waals surface area contributed by atoms with Gasteiger partial charge in [-0.25, -0.2) is 18.5 Å². The number of hydrogen-bond donors (Lipinski definition) is 7. The number of aromatic amines is 1. The van der Waals surface area contributed by atoms with Gasteiger partial charge >= 0.3 is 48.0 Å². The Kier molecular flexibility index (Phi) is 9.37. The Labute approximate surface area is 182 Å². The van der Waals surface area contributed by atoms with Gasteiger partial charge in [0, 0.05) is 0 Å². The summed E-state index contributed by atoms with van der Waals surface area (Å²) in [4.78, 5) is 59.5. The van der Waals surface area contributed by atoms with Crippen LogP contribution in [0.3, 0.4) is 0 Å². The molecule has 0 spiro atoms. The first-order valence-electron chi connectivity index (χ1n) is 7.32. The van der Waals surface area contributed by atoms with Crippen molar-refractivity contribution in [1.82, 2.24) is 9.55 Å². The molecule has 1 aliphatic rings. The van der Waals surface area contributed by atoms with Crippen LogP contribution in [0.5, 0.6) is 0 Å². The number of H-pyrrole nitrogens is 1. The molecule has 0 aromatic carbocycles. The van der Waals surface area contributed by atoms with Crippen LogP contribution in [0.2, 0.25) is 0 Å². The average molecular weight is 509 g/mol. The molecule has 22 heteroatoms. The third-order valence-corrected chi connectivity index (χ3v) is 7.16. The minimum atomic E-state index is -5.78. The van der Waals surface area contributed by atoms with Crippen molar-refractivity contribution >= 4 is 23.5 Å². The van der Waals surface area contributed by atoms with Gasteiger partial charge < -0.3 is 34.5 Å². The van der Waals surface area contributed by atoms with Crippen molar-refractivity contribution in [3.05, 3.63) is 32.9 Å². The summed E-state index contributed by atoms with van der Waals surface area (Å²) < 4.78 is 63.4.